The Balaban J connectivity index is 1.84. The number of fused-ring (bicyclic) bond motifs is 1. The summed E-state index contributed by atoms with van der Waals surface area (Å²) in [5.74, 6) is 0.832. The van der Waals surface area contributed by atoms with Crippen molar-refractivity contribution in [1.82, 2.24) is 10.3 Å². The number of anilines is 2. The van der Waals surface area contributed by atoms with Gasteiger partial charge in [0.2, 0.25) is 5.88 Å². The lowest BCUT2D eigenvalue weighted by Gasteiger charge is -2.22. The molecule has 6 heteroatoms. The predicted octanol–water partition coefficient (Wildman–Crippen LogP) is 3.85. The fraction of sp³-hybridized carbons (Fsp3) is 0.316. The minimum Gasteiger partial charge on any atom is -0.437 e. The third kappa shape index (κ3) is 2.94. The zero-order valence-electron chi connectivity index (χ0n) is 13.9. The molecule has 3 aromatic rings. The van der Waals surface area contributed by atoms with Crippen molar-refractivity contribution in [2.75, 3.05) is 24.6 Å². The van der Waals surface area contributed by atoms with E-state index in [9.17, 15) is 0 Å². The lowest BCUT2D eigenvalue weighted by atomic mass is 9.92. The fourth-order valence-electron chi connectivity index (χ4n) is 3.59. The highest BCUT2D eigenvalue weighted by molar-refractivity contribution is 6.33. The van der Waals surface area contributed by atoms with Crippen molar-refractivity contribution in [2.45, 2.75) is 19.3 Å². The zero-order chi connectivity index (χ0) is 17.4. The van der Waals surface area contributed by atoms with Gasteiger partial charge in [-0.25, -0.2) is 0 Å². The summed E-state index contributed by atoms with van der Waals surface area (Å²) in [5.41, 5.74) is 16.0. The van der Waals surface area contributed by atoms with Crippen molar-refractivity contribution in [1.29, 1.82) is 0 Å². The Morgan fingerprint density at radius 1 is 1.16 bits per heavy atom. The molecular weight excluding hydrogens is 336 g/mol. The molecule has 0 saturated carbocycles. The maximum atomic E-state index is 6.38. The summed E-state index contributed by atoms with van der Waals surface area (Å²) in [6.07, 6.45) is 4.99. The second-order valence-corrected chi connectivity index (χ2v) is 6.99. The van der Waals surface area contributed by atoms with E-state index in [0.29, 0.717) is 22.2 Å². The highest BCUT2D eigenvalue weighted by Crippen LogP contribution is 2.41. The molecule has 0 aliphatic carbocycles. The van der Waals surface area contributed by atoms with Crippen molar-refractivity contribution in [2.24, 2.45) is 5.92 Å². The number of hydrogen-bond acceptors (Lipinski definition) is 5. The van der Waals surface area contributed by atoms with Crippen LogP contribution in [0.2, 0.25) is 5.02 Å². The van der Waals surface area contributed by atoms with Crippen molar-refractivity contribution in [3.05, 3.63) is 41.2 Å². The van der Waals surface area contributed by atoms with Crippen molar-refractivity contribution in [3.63, 3.8) is 0 Å². The lowest BCUT2D eigenvalue weighted by molar-refractivity contribution is 0.370. The van der Waals surface area contributed by atoms with E-state index in [1.165, 1.54) is 0 Å². The average Bonchev–Trinajstić information content (AvgIpc) is 2.93. The molecule has 0 atom stereocenters. The van der Waals surface area contributed by atoms with Crippen LogP contribution in [0.3, 0.4) is 0 Å². The monoisotopic (exact) mass is 356 g/mol. The molecule has 1 fully saturated rings. The van der Waals surface area contributed by atoms with Crippen LogP contribution in [0.4, 0.5) is 11.6 Å². The normalized spacial score (nSPS) is 15.7. The molecule has 0 amide bonds. The molecule has 4 rings (SSSR count). The van der Waals surface area contributed by atoms with Gasteiger partial charge in [0.05, 0.1) is 11.1 Å². The number of aromatic nitrogens is 1. The summed E-state index contributed by atoms with van der Waals surface area (Å²) >= 11 is 6.38. The number of hydrogen-bond donors (Lipinski definition) is 3. The van der Waals surface area contributed by atoms with Gasteiger partial charge in [0, 0.05) is 22.3 Å². The molecular formula is C19H21ClN4O. The van der Waals surface area contributed by atoms with Crippen LogP contribution < -0.4 is 16.8 Å². The number of rotatable bonds is 3. The van der Waals surface area contributed by atoms with Gasteiger partial charge in [0.1, 0.15) is 5.69 Å². The largest absolute Gasteiger partial charge is 0.437 e. The van der Waals surface area contributed by atoms with E-state index in [1.54, 1.807) is 0 Å². The number of nitrogen functional groups attached to an aromatic ring is 2. The van der Waals surface area contributed by atoms with Crippen molar-refractivity contribution >= 4 is 34.1 Å². The van der Waals surface area contributed by atoms with E-state index < -0.39 is 0 Å². The molecule has 130 valence electrons. The van der Waals surface area contributed by atoms with E-state index in [2.05, 4.69) is 10.3 Å². The van der Waals surface area contributed by atoms with E-state index in [4.69, 9.17) is 27.5 Å². The summed E-state index contributed by atoms with van der Waals surface area (Å²) in [6.45, 7) is 2.10. The van der Waals surface area contributed by atoms with Crippen LogP contribution in [0.15, 0.2) is 34.9 Å². The van der Waals surface area contributed by atoms with Crippen molar-refractivity contribution in [3.8, 4) is 11.1 Å². The number of nitrogens with one attached hydrogen (secondary N) is 1. The molecule has 1 saturated heterocycles. The Labute approximate surface area is 151 Å². The van der Waals surface area contributed by atoms with Crippen molar-refractivity contribution < 1.29 is 4.42 Å². The van der Waals surface area contributed by atoms with Gasteiger partial charge in [-0.05, 0) is 44.3 Å². The Morgan fingerprint density at radius 3 is 2.68 bits per heavy atom. The molecule has 1 aliphatic rings. The van der Waals surface area contributed by atoms with E-state index in [0.717, 1.165) is 54.6 Å². The average molecular weight is 357 g/mol. The van der Waals surface area contributed by atoms with Crippen LogP contribution in [0, 0.1) is 5.92 Å². The van der Waals surface area contributed by atoms with Crippen LogP contribution in [0.1, 0.15) is 18.5 Å². The second kappa shape index (κ2) is 6.58. The minimum absolute atomic E-state index is 0.239. The van der Waals surface area contributed by atoms with Gasteiger partial charge in [-0.1, -0.05) is 29.8 Å². The first-order valence-electron chi connectivity index (χ1n) is 8.56. The quantitative estimate of drug-likeness (QED) is 0.663. The molecule has 0 spiro atoms. The van der Waals surface area contributed by atoms with Crippen LogP contribution in [-0.2, 0) is 6.42 Å². The smallest absolute Gasteiger partial charge is 0.214 e. The van der Waals surface area contributed by atoms with Gasteiger partial charge in [-0.15, -0.1) is 0 Å². The number of benzene rings is 1. The predicted molar refractivity (Wildman–Crippen MR) is 103 cm³/mol. The molecule has 0 radical (unpaired) electrons. The first-order valence-corrected chi connectivity index (χ1v) is 8.94. The summed E-state index contributed by atoms with van der Waals surface area (Å²) in [7, 11) is 0. The zero-order valence-corrected chi connectivity index (χ0v) is 14.6. The molecule has 5 N–H and O–H groups in total. The fourth-order valence-corrected chi connectivity index (χ4v) is 3.82. The number of pyridine rings is 1. The molecule has 1 aromatic carbocycles. The molecule has 1 aliphatic heterocycles. The maximum absolute atomic E-state index is 6.38. The highest BCUT2D eigenvalue weighted by atomic mass is 35.5. The standard InChI is InChI=1S/C19H21ClN4O/c20-14-4-2-1-3-12(14)13-10-24-15(9-11-5-7-23-8-6-11)18-16(13)17(21)19(22)25-18/h1-4,10-11,23H,5-9,21-22H2. The minimum atomic E-state index is 0.239. The molecule has 25 heavy (non-hydrogen) atoms. The van der Waals surface area contributed by atoms with Gasteiger partial charge in [0.15, 0.2) is 5.58 Å². The van der Waals surface area contributed by atoms with E-state index in [-0.39, 0.29) is 5.88 Å². The Hall–Kier alpha value is -2.24. The summed E-state index contributed by atoms with van der Waals surface area (Å²) in [5, 5.41) is 4.85. The number of nitrogens with two attached hydrogens (primary N) is 2. The Kier molecular flexibility index (Phi) is 4.27. The first kappa shape index (κ1) is 16.2. The number of nitrogens with zero attached hydrogens (tertiary/aromatic N) is 1. The maximum Gasteiger partial charge on any atom is 0.214 e. The Bertz CT molecular complexity index is 915. The summed E-state index contributed by atoms with van der Waals surface area (Å²) < 4.78 is 5.80. The van der Waals surface area contributed by atoms with Gasteiger partial charge in [-0.2, -0.15) is 0 Å². The number of piperidine rings is 1. The highest BCUT2D eigenvalue weighted by Gasteiger charge is 2.22. The van der Waals surface area contributed by atoms with Gasteiger partial charge in [0.25, 0.3) is 0 Å². The van der Waals surface area contributed by atoms with Crippen LogP contribution in [0.5, 0.6) is 0 Å². The summed E-state index contributed by atoms with van der Waals surface area (Å²) in [6, 6.07) is 7.64. The van der Waals surface area contributed by atoms with Crippen LogP contribution in [-0.4, -0.2) is 18.1 Å². The molecule has 5 nitrogen and oxygen atoms in total. The van der Waals surface area contributed by atoms with Crippen LogP contribution in [0.25, 0.3) is 22.1 Å². The lowest BCUT2D eigenvalue weighted by Crippen LogP contribution is -2.28. The first-order chi connectivity index (χ1) is 12.1. The molecule has 2 aromatic heterocycles. The number of halogens is 1. The number of furan rings is 1. The topological polar surface area (TPSA) is 90.1 Å². The molecule has 0 unspecified atom stereocenters. The van der Waals surface area contributed by atoms with Gasteiger partial charge in [-0.3, -0.25) is 4.98 Å². The molecule has 0 bridgehead atoms. The van der Waals surface area contributed by atoms with E-state index in [1.807, 2.05) is 30.5 Å². The van der Waals surface area contributed by atoms with Crippen LogP contribution >= 0.6 is 11.6 Å². The van der Waals surface area contributed by atoms with E-state index >= 15 is 0 Å². The SMILES string of the molecule is Nc1oc2c(CC3CCNCC3)ncc(-c3ccccc3Cl)c2c1N. The third-order valence-electron chi connectivity index (χ3n) is 4.96. The third-order valence-corrected chi connectivity index (χ3v) is 5.29. The van der Waals surface area contributed by atoms with Gasteiger partial charge >= 0.3 is 0 Å². The second-order valence-electron chi connectivity index (χ2n) is 6.58. The summed E-state index contributed by atoms with van der Waals surface area (Å²) in [4.78, 5) is 4.69. The Morgan fingerprint density at radius 2 is 1.92 bits per heavy atom. The van der Waals surface area contributed by atoms with Gasteiger partial charge < -0.3 is 21.2 Å². The molecule has 3 heterocycles.